The van der Waals surface area contributed by atoms with Crippen LogP contribution < -0.4 is 4.90 Å². The van der Waals surface area contributed by atoms with Gasteiger partial charge in [0.2, 0.25) is 0 Å². The fourth-order valence-corrected chi connectivity index (χ4v) is 3.15. The summed E-state index contributed by atoms with van der Waals surface area (Å²) in [5, 5.41) is 5.12. The van der Waals surface area contributed by atoms with E-state index in [0.717, 1.165) is 29.9 Å². The molecule has 1 saturated heterocycles. The number of hydrogen-bond acceptors (Lipinski definition) is 5. The van der Waals surface area contributed by atoms with Crippen molar-refractivity contribution in [3.63, 3.8) is 0 Å². The molecule has 24 heavy (non-hydrogen) atoms. The maximum atomic E-state index is 12.5. The summed E-state index contributed by atoms with van der Waals surface area (Å²) in [7, 11) is 3.79. The highest BCUT2D eigenvalue weighted by molar-refractivity contribution is 5.94. The van der Waals surface area contributed by atoms with Crippen molar-refractivity contribution in [2.45, 2.75) is 0 Å². The van der Waals surface area contributed by atoms with Crippen molar-refractivity contribution in [3.05, 3.63) is 36.5 Å². The van der Waals surface area contributed by atoms with Crippen LogP contribution in [-0.2, 0) is 14.1 Å². The van der Waals surface area contributed by atoms with Crippen molar-refractivity contribution in [3.8, 4) is 0 Å². The molecule has 124 valence electrons. The van der Waals surface area contributed by atoms with Gasteiger partial charge in [-0.1, -0.05) is 0 Å². The van der Waals surface area contributed by atoms with Crippen LogP contribution in [0.1, 0.15) is 10.4 Å². The Hall–Kier alpha value is -2.90. The van der Waals surface area contributed by atoms with Crippen molar-refractivity contribution >= 4 is 22.8 Å². The van der Waals surface area contributed by atoms with Crippen molar-refractivity contribution in [2.75, 3.05) is 31.1 Å². The van der Waals surface area contributed by atoms with Gasteiger partial charge in [-0.3, -0.25) is 9.48 Å². The first-order valence-corrected chi connectivity index (χ1v) is 7.92. The normalized spacial score (nSPS) is 15.2. The molecule has 1 amide bonds. The summed E-state index contributed by atoms with van der Waals surface area (Å²) < 4.78 is 3.64. The van der Waals surface area contributed by atoms with Crippen LogP contribution in [0.15, 0.2) is 31.0 Å². The van der Waals surface area contributed by atoms with E-state index in [-0.39, 0.29) is 5.91 Å². The van der Waals surface area contributed by atoms with Crippen molar-refractivity contribution < 1.29 is 4.79 Å². The number of anilines is 1. The summed E-state index contributed by atoms with van der Waals surface area (Å²) in [5.74, 6) is 0.976. The zero-order valence-corrected chi connectivity index (χ0v) is 13.8. The van der Waals surface area contributed by atoms with E-state index in [4.69, 9.17) is 0 Å². The minimum atomic E-state index is 0.0373. The third-order valence-corrected chi connectivity index (χ3v) is 4.46. The Labute approximate surface area is 139 Å². The molecule has 8 nitrogen and oxygen atoms in total. The van der Waals surface area contributed by atoms with Crippen LogP contribution in [0.25, 0.3) is 11.0 Å². The lowest BCUT2D eigenvalue weighted by Gasteiger charge is -2.35. The molecular weight excluding hydrogens is 306 g/mol. The zero-order valence-electron chi connectivity index (χ0n) is 13.8. The first-order valence-electron chi connectivity index (χ1n) is 7.92. The molecule has 0 radical (unpaired) electrons. The maximum Gasteiger partial charge on any atom is 0.257 e. The zero-order chi connectivity index (χ0) is 16.7. The number of fused-ring (bicyclic) bond motifs is 1. The molecular formula is C16H19N7O. The van der Waals surface area contributed by atoms with Crippen LogP contribution in [0, 0.1) is 0 Å². The van der Waals surface area contributed by atoms with E-state index < -0.39 is 0 Å². The van der Waals surface area contributed by atoms with E-state index in [0.29, 0.717) is 18.7 Å². The van der Waals surface area contributed by atoms with Gasteiger partial charge in [0.25, 0.3) is 5.91 Å². The molecule has 0 aromatic carbocycles. The topological polar surface area (TPSA) is 72.1 Å². The molecule has 0 spiro atoms. The number of rotatable bonds is 2. The monoisotopic (exact) mass is 325 g/mol. The minimum absolute atomic E-state index is 0.0373. The average Bonchev–Trinajstić information content (AvgIpc) is 3.21. The van der Waals surface area contributed by atoms with Crippen LogP contribution in [-0.4, -0.2) is 61.3 Å². The number of aromatic nitrogens is 5. The van der Waals surface area contributed by atoms with Crippen LogP contribution in [0.2, 0.25) is 0 Å². The van der Waals surface area contributed by atoms with Gasteiger partial charge in [-0.25, -0.2) is 9.97 Å². The van der Waals surface area contributed by atoms with Crippen molar-refractivity contribution in [1.82, 2.24) is 29.2 Å². The lowest BCUT2D eigenvalue weighted by Crippen LogP contribution is -2.49. The molecule has 0 aliphatic carbocycles. The maximum absolute atomic E-state index is 12.5. The highest BCUT2D eigenvalue weighted by atomic mass is 16.2. The van der Waals surface area contributed by atoms with Crippen LogP contribution >= 0.6 is 0 Å². The first kappa shape index (κ1) is 14.7. The van der Waals surface area contributed by atoms with Gasteiger partial charge < -0.3 is 14.4 Å². The predicted octanol–water partition coefficient (Wildman–Crippen LogP) is 0.664. The fourth-order valence-electron chi connectivity index (χ4n) is 3.15. The molecule has 1 fully saturated rings. The summed E-state index contributed by atoms with van der Waals surface area (Å²) in [6, 6.07) is 2.04. The molecule has 4 heterocycles. The Morgan fingerprint density at radius 1 is 1.12 bits per heavy atom. The Bertz CT molecular complexity index is 889. The SMILES string of the molecule is Cn1cc(C(=O)N2CCN(c3ncnc4c3ccn4C)CC2)cn1. The second kappa shape index (κ2) is 5.63. The minimum Gasteiger partial charge on any atom is -0.352 e. The van der Waals surface area contributed by atoms with E-state index in [1.54, 1.807) is 23.4 Å². The lowest BCUT2D eigenvalue weighted by atomic mass is 10.2. The second-order valence-electron chi connectivity index (χ2n) is 6.04. The summed E-state index contributed by atoms with van der Waals surface area (Å²) >= 11 is 0. The number of nitrogens with zero attached hydrogens (tertiary/aromatic N) is 7. The molecule has 8 heteroatoms. The highest BCUT2D eigenvalue weighted by Gasteiger charge is 2.24. The molecule has 3 aromatic rings. The smallest absolute Gasteiger partial charge is 0.257 e. The molecule has 0 N–H and O–H groups in total. The Morgan fingerprint density at radius 2 is 1.92 bits per heavy atom. The Morgan fingerprint density at radius 3 is 2.62 bits per heavy atom. The Kier molecular flexibility index (Phi) is 3.44. The third kappa shape index (κ3) is 2.40. The number of amides is 1. The van der Waals surface area contributed by atoms with E-state index in [9.17, 15) is 4.79 Å². The van der Waals surface area contributed by atoms with Gasteiger partial charge in [-0.15, -0.1) is 0 Å². The quantitative estimate of drug-likeness (QED) is 0.692. The largest absolute Gasteiger partial charge is 0.352 e. The van der Waals surface area contributed by atoms with E-state index in [1.165, 1.54) is 0 Å². The Balaban J connectivity index is 1.50. The lowest BCUT2D eigenvalue weighted by molar-refractivity contribution is 0.0746. The molecule has 4 rings (SSSR count). The van der Waals surface area contributed by atoms with Gasteiger partial charge in [-0.2, -0.15) is 5.10 Å². The number of piperazine rings is 1. The predicted molar refractivity (Wildman–Crippen MR) is 89.8 cm³/mol. The van der Waals surface area contributed by atoms with Crippen LogP contribution in [0.5, 0.6) is 0 Å². The summed E-state index contributed by atoms with van der Waals surface area (Å²) in [6.07, 6.45) is 6.97. The van der Waals surface area contributed by atoms with Gasteiger partial charge >= 0.3 is 0 Å². The van der Waals surface area contributed by atoms with Gasteiger partial charge in [0.05, 0.1) is 17.1 Å². The molecule has 0 atom stereocenters. The fraction of sp³-hybridized carbons (Fsp3) is 0.375. The van der Waals surface area contributed by atoms with E-state index in [1.807, 2.05) is 35.8 Å². The average molecular weight is 325 g/mol. The molecule has 0 saturated carbocycles. The van der Waals surface area contributed by atoms with Gasteiger partial charge in [0.1, 0.15) is 17.8 Å². The van der Waals surface area contributed by atoms with Gasteiger partial charge in [-0.05, 0) is 6.07 Å². The standard InChI is InChI=1S/C16H19N7O/c1-20-4-3-13-14(20)17-11-18-15(13)22-5-7-23(8-6-22)16(24)12-9-19-21(2)10-12/h3-4,9-11H,5-8H2,1-2H3. The van der Waals surface area contributed by atoms with E-state index >= 15 is 0 Å². The number of aryl methyl sites for hydroxylation is 2. The number of carbonyl (C=O) groups is 1. The number of carbonyl (C=O) groups excluding carboxylic acids is 1. The second-order valence-corrected chi connectivity index (χ2v) is 6.04. The van der Waals surface area contributed by atoms with Crippen LogP contribution in [0.3, 0.4) is 0 Å². The van der Waals surface area contributed by atoms with Crippen molar-refractivity contribution in [1.29, 1.82) is 0 Å². The van der Waals surface area contributed by atoms with Gasteiger partial charge in [0.15, 0.2) is 0 Å². The molecule has 1 aliphatic heterocycles. The first-order chi connectivity index (χ1) is 11.6. The molecule has 0 unspecified atom stereocenters. The van der Waals surface area contributed by atoms with Crippen molar-refractivity contribution in [2.24, 2.45) is 14.1 Å². The van der Waals surface area contributed by atoms with Gasteiger partial charge in [0, 0.05) is 52.7 Å². The number of hydrogen-bond donors (Lipinski definition) is 0. The highest BCUT2D eigenvalue weighted by Crippen LogP contribution is 2.24. The molecule has 3 aromatic heterocycles. The van der Waals surface area contributed by atoms with Crippen LogP contribution in [0.4, 0.5) is 5.82 Å². The third-order valence-electron chi connectivity index (χ3n) is 4.46. The molecule has 0 bridgehead atoms. The van der Waals surface area contributed by atoms with E-state index in [2.05, 4.69) is 20.0 Å². The summed E-state index contributed by atoms with van der Waals surface area (Å²) in [5.41, 5.74) is 1.56. The summed E-state index contributed by atoms with van der Waals surface area (Å²) in [4.78, 5) is 25.4. The molecule has 1 aliphatic rings. The summed E-state index contributed by atoms with van der Waals surface area (Å²) in [6.45, 7) is 2.86.